The van der Waals surface area contributed by atoms with Crippen LogP contribution in [-0.4, -0.2) is 142 Å². The van der Waals surface area contributed by atoms with Gasteiger partial charge in [-0.05, 0) is 32.1 Å². The van der Waals surface area contributed by atoms with Crippen LogP contribution in [0.1, 0.15) is 200 Å². The zero-order valence-corrected chi connectivity index (χ0v) is 40.2. The molecule has 382 valence electrons. The van der Waals surface area contributed by atoms with Gasteiger partial charge < -0.3 is 64.2 Å². The third kappa shape index (κ3) is 26.5. The maximum absolute atomic E-state index is 13.0. The summed E-state index contributed by atoms with van der Waals surface area (Å²) in [5, 5.41) is 72.0. The van der Waals surface area contributed by atoms with E-state index in [4.69, 9.17) is 28.4 Å². The molecule has 2 heterocycles. The Balaban J connectivity index is 1.81. The van der Waals surface area contributed by atoms with E-state index in [9.17, 15) is 45.3 Å². The third-order valence-electron chi connectivity index (χ3n) is 12.5. The molecule has 0 spiro atoms. The number of carbonyl (C=O) groups excluding carboxylic acids is 2. The monoisotopic (exact) mass is 933 g/mol. The Labute approximate surface area is 390 Å². The Morgan fingerprint density at radius 1 is 0.477 bits per heavy atom. The van der Waals surface area contributed by atoms with Gasteiger partial charge in [0, 0.05) is 12.8 Å². The predicted molar refractivity (Wildman–Crippen MR) is 248 cm³/mol. The van der Waals surface area contributed by atoms with E-state index < -0.39 is 92.7 Å². The van der Waals surface area contributed by atoms with Crippen molar-refractivity contribution in [1.29, 1.82) is 0 Å². The summed E-state index contributed by atoms with van der Waals surface area (Å²) < 4.78 is 33.6. The van der Waals surface area contributed by atoms with Crippen LogP contribution in [0.25, 0.3) is 0 Å². The van der Waals surface area contributed by atoms with Crippen molar-refractivity contribution in [3.8, 4) is 0 Å². The molecule has 2 rings (SSSR count). The quantitative estimate of drug-likeness (QED) is 0.0187. The summed E-state index contributed by atoms with van der Waals surface area (Å²) in [4.78, 5) is 25.7. The first kappa shape index (κ1) is 59.4. The fourth-order valence-electron chi connectivity index (χ4n) is 8.20. The molecular weight excluding hydrogens is 841 g/mol. The second-order valence-corrected chi connectivity index (χ2v) is 18.4. The number of allylic oxidation sites excluding steroid dienone is 2. The number of esters is 2. The SMILES string of the molecule is CCCC/C=C/CCCCCCCCCCCC(=O)O[C@H](COC(=O)CCCCCCCCCCCCCCCC)CO[C@@H]1O[C@H](CO[C@@H]2O[C@H](CO)[C@H](O)C(O)C2O)[C@H](O)C(O)C1O. The highest BCUT2D eigenvalue weighted by Gasteiger charge is 2.47. The van der Waals surface area contributed by atoms with Crippen molar-refractivity contribution in [3.05, 3.63) is 12.2 Å². The molecule has 0 amide bonds. The van der Waals surface area contributed by atoms with Crippen molar-refractivity contribution in [2.75, 3.05) is 26.4 Å². The average Bonchev–Trinajstić information content (AvgIpc) is 3.30. The summed E-state index contributed by atoms with van der Waals surface area (Å²) in [7, 11) is 0. The number of ether oxygens (including phenoxy) is 6. The van der Waals surface area contributed by atoms with Gasteiger partial charge >= 0.3 is 11.9 Å². The first-order valence-corrected chi connectivity index (χ1v) is 25.8. The van der Waals surface area contributed by atoms with Gasteiger partial charge in [-0.15, -0.1) is 0 Å². The Hall–Kier alpha value is -1.76. The normalized spacial score (nSPS) is 26.4. The molecule has 4 unspecified atom stereocenters. The van der Waals surface area contributed by atoms with Crippen LogP contribution in [-0.2, 0) is 38.0 Å². The van der Waals surface area contributed by atoms with Gasteiger partial charge in [0.05, 0.1) is 19.8 Å². The lowest BCUT2D eigenvalue weighted by atomic mass is 9.98. The minimum Gasteiger partial charge on any atom is -0.462 e. The molecule has 0 aromatic heterocycles. The summed E-state index contributed by atoms with van der Waals surface area (Å²) in [6, 6.07) is 0. The minimum atomic E-state index is -1.76. The molecule has 0 radical (unpaired) electrons. The van der Waals surface area contributed by atoms with E-state index in [1.807, 2.05) is 0 Å². The average molecular weight is 933 g/mol. The molecule has 0 aliphatic carbocycles. The van der Waals surface area contributed by atoms with Gasteiger partial charge in [-0.2, -0.15) is 0 Å². The molecule has 2 aliphatic rings. The molecule has 0 saturated carbocycles. The molecule has 11 atom stereocenters. The van der Waals surface area contributed by atoms with Crippen LogP contribution in [0.3, 0.4) is 0 Å². The van der Waals surface area contributed by atoms with Crippen molar-refractivity contribution in [3.63, 3.8) is 0 Å². The number of aliphatic hydroxyl groups is 7. The molecule has 0 aromatic rings. The topological polar surface area (TPSA) is 231 Å². The van der Waals surface area contributed by atoms with Gasteiger partial charge in [0.15, 0.2) is 18.7 Å². The van der Waals surface area contributed by atoms with E-state index in [0.29, 0.717) is 12.8 Å². The van der Waals surface area contributed by atoms with E-state index in [1.54, 1.807) is 0 Å². The van der Waals surface area contributed by atoms with Gasteiger partial charge in [-0.3, -0.25) is 9.59 Å². The molecule has 7 N–H and O–H groups in total. The first-order valence-electron chi connectivity index (χ1n) is 25.8. The first-order chi connectivity index (χ1) is 31.5. The molecule has 2 aliphatic heterocycles. The van der Waals surface area contributed by atoms with Crippen LogP contribution in [0.15, 0.2) is 12.2 Å². The van der Waals surface area contributed by atoms with Crippen LogP contribution in [0, 0.1) is 0 Å². The summed E-state index contributed by atoms with van der Waals surface area (Å²) in [5.74, 6) is -0.918. The second kappa shape index (κ2) is 38.1. The smallest absolute Gasteiger partial charge is 0.306 e. The van der Waals surface area contributed by atoms with Crippen LogP contribution < -0.4 is 0 Å². The van der Waals surface area contributed by atoms with E-state index in [-0.39, 0.29) is 26.1 Å². The summed E-state index contributed by atoms with van der Waals surface area (Å²) in [6.45, 7) is 2.58. The lowest BCUT2D eigenvalue weighted by Gasteiger charge is -2.42. The fraction of sp³-hybridized carbons (Fsp3) is 0.920. The Kier molecular flexibility index (Phi) is 34.8. The van der Waals surface area contributed by atoms with E-state index in [1.165, 1.54) is 116 Å². The fourth-order valence-corrected chi connectivity index (χ4v) is 8.20. The van der Waals surface area contributed by atoms with Gasteiger partial charge in [0.1, 0.15) is 55.4 Å². The lowest BCUT2D eigenvalue weighted by Crippen LogP contribution is -2.61. The number of rotatable bonds is 40. The predicted octanol–water partition coefficient (Wildman–Crippen LogP) is 6.99. The zero-order valence-electron chi connectivity index (χ0n) is 40.2. The number of hydrogen-bond acceptors (Lipinski definition) is 15. The highest BCUT2D eigenvalue weighted by atomic mass is 16.7. The van der Waals surface area contributed by atoms with Crippen LogP contribution in [0.5, 0.6) is 0 Å². The summed E-state index contributed by atoms with van der Waals surface area (Å²) in [6.07, 6.45) is 19.5. The maximum Gasteiger partial charge on any atom is 0.306 e. The molecule has 15 nitrogen and oxygen atoms in total. The Bertz CT molecular complexity index is 1190. The van der Waals surface area contributed by atoms with Crippen LogP contribution in [0.2, 0.25) is 0 Å². The van der Waals surface area contributed by atoms with E-state index in [2.05, 4.69) is 26.0 Å². The van der Waals surface area contributed by atoms with Gasteiger partial charge in [0.25, 0.3) is 0 Å². The Morgan fingerprint density at radius 3 is 1.40 bits per heavy atom. The molecule has 2 saturated heterocycles. The number of aliphatic hydroxyl groups excluding tert-OH is 7. The lowest BCUT2D eigenvalue weighted by molar-refractivity contribution is -0.332. The highest BCUT2D eigenvalue weighted by Crippen LogP contribution is 2.26. The van der Waals surface area contributed by atoms with E-state index in [0.717, 1.165) is 44.9 Å². The Morgan fingerprint density at radius 2 is 0.892 bits per heavy atom. The highest BCUT2D eigenvalue weighted by molar-refractivity contribution is 5.70. The summed E-state index contributed by atoms with van der Waals surface area (Å²) in [5.41, 5.74) is 0. The van der Waals surface area contributed by atoms with E-state index >= 15 is 0 Å². The molecular formula is C50H92O15. The molecule has 0 bridgehead atoms. The van der Waals surface area contributed by atoms with Crippen molar-refractivity contribution in [2.45, 2.75) is 268 Å². The van der Waals surface area contributed by atoms with Gasteiger partial charge in [-0.1, -0.05) is 167 Å². The van der Waals surface area contributed by atoms with Gasteiger partial charge in [0.2, 0.25) is 0 Å². The summed E-state index contributed by atoms with van der Waals surface area (Å²) >= 11 is 0. The van der Waals surface area contributed by atoms with Crippen LogP contribution >= 0.6 is 0 Å². The third-order valence-corrected chi connectivity index (χ3v) is 12.5. The molecule has 65 heavy (non-hydrogen) atoms. The molecule has 2 fully saturated rings. The molecule has 0 aromatic carbocycles. The second-order valence-electron chi connectivity index (χ2n) is 18.4. The van der Waals surface area contributed by atoms with Crippen LogP contribution in [0.4, 0.5) is 0 Å². The van der Waals surface area contributed by atoms with Crippen molar-refractivity contribution in [1.82, 2.24) is 0 Å². The largest absolute Gasteiger partial charge is 0.462 e. The maximum atomic E-state index is 13.0. The zero-order chi connectivity index (χ0) is 47.5. The van der Waals surface area contributed by atoms with Gasteiger partial charge in [-0.25, -0.2) is 0 Å². The minimum absolute atomic E-state index is 0.167. The molecule has 15 heteroatoms. The van der Waals surface area contributed by atoms with Crippen molar-refractivity contribution < 1.29 is 73.8 Å². The standard InChI is InChI=1S/C50H92O15/c1-3-5-7-9-11-13-15-17-19-21-23-25-27-29-31-33-42(53)63-38(35-60-41(52)32-30-28-26-24-22-20-18-16-14-12-10-8-6-4-2)36-61-49-48(59)46(57)44(55)40(65-49)37-62-50-47(58)45(56)43(54)39(34-51)64-50/h9,11,38-40,43-51,54-59H,3-8,10,12-37H2,1-2H3/b11-9+/t38-,39-,40-,43+,44+,45?,46?,47?,48?,49-,50-/m1/s1. The van der Waals surface area contributed by atoms with Crippen molar-refractivity contribution >= 4 is 11.9 Å². The number of unbranched alkanes of at least 4 members (excludes halogenated alkanes) is 24. The number of hydrogen-bond donors (Lipinski definition) is 7. The van der Waals surface area contributed by atoms with Crippen molar-refractivity contribution in [2.24, 2.45) is 0 Å². The number of carbonyl (C=O) groups is 2.